The van der Waals surface area contributed by atoms with Gasteiger partial charge in [-0.15, -0.1) is 0 Å². The monoisotopic (exact) mass is 362 g/mol. The van der Waals surface area contributed by atoms with Gasteiger partial charge in [-0.25, -0.2) is 8.42 Å². The van der Waals surface area contributed by atoms with Crippen molar-refractivity contribution in [3.05, 3.63) is 23.8 Å². The highest BCUT2D eigenvalue weighted by Crippen LogP contribution is 2.39. The first-order valence-electron chi connectivity index (χ1n) is 9.44. The van der Waals surface area contributed by atoms with E-state index in [-0.39, 0.29) is 17.9 Å². The van der Waals surface area contributed by atoms with Crippen LogP contribution in [0.25, 0.3) is 0 Å². The topological polar surface area (TPSA) is 57.7 Å². The molecule has 2 fully saturated rings. The molecule has 1 amide bonds. The van der Waals surface area contributed by atoms with Gasteiger partial charge in [-0.3, -0.25) is 4.79 Å². The number of carbonyl (C=O) groups is 1. The lowest BCUT2D eigenvalue weighted by Crippen LogP contribution is -2.36. The standard InChI is InChI=1S/C19H26N2O3S/c1-14-12-16-13-17(25(23,24)20-10-4-2-3-5-11-20)8-9-18(16)21(14)19(22)15-6-7-15/h8-9,13-15H,2-7,10-12H2,1H3. The van der Waals surface area contributed by atoms with Gasteiger partial charge in [0.1, 0.15) is 0 Å². The molecule has 6 heteroatoms. The third kappa shape index (κ3) is 3.10. The minimum absolute atomic E-state index is 0.110. The van der Waals surface area contributed by atoms with Crippen molar-refractivity contribution in [2.45, 2.75) is 62.8 Å². The predicted molar refractivity (Wildman–Crippen MR) is 97.0 cm³/mol. The Morgan fingerprint density at radius 3 is 2.40 bits per heavy atom. The maximum Gasteiger partial charge on any atom is 0.243 e. The molecule has 1 saturated carbocycles. The third-order valence-corrected chi connectivity index (χ3v) is 7.53. The third-order valence-electron chi connectivity index (χ3n) is 5.63. The molecule has 2 aliphatic heterocycles. The molecule has 1 saturated heterocycles. The van der Waals surface area contributed by atoms with E-state index in [4.69, 9.17) is 0 Å². The Hall–Kier alpha value is -1.40. The summed E-state index contributed by atoms with van der Waals surface area (Å²) < 4.78 is 27.6. The number of sulfonamides is 1. The van der Waals surface area contributed by atoms with E-state index in [9.17, 15) is 13.2 Å². The number of rotatable bonds is 3. The lowest BCUT2D eigenvalue weighted by atomic mass is 10.1. The van der Waals surface area contributed by atoms with Gasteiger partial charge in [-0.05, 0) is 62.8 Å². The first kappa shape index (κ1) is 17.0. The average Bonchev–Trinajstić information content (AvgIpc) is 3.39. The van der Waals surface area contributed by atoms with Crippen molar-refractivity contribution < 1.29 is 13.2 Å². The molecule has 1 aliphatic carbocycles. The predicted octanol–water partition coefficient (Wildman–Crippen LogP) is 2.94. The van der Waals surface area contributed by atoms with Crippen LogP contribution in [0.5, 0.6) is 0 Å². The van der Waals surface area contributed by atoms with Crippen molar-refractivity contribution in [3.8, 4) is 0 Å². The van der Waals surface area contributed by atoms with Gasteiger partial charge >= 0.3 is 0 Å². The van der Waals surface area contributed by atoms with Crippen LogP contribution in [0.1, 0.15) is 51.0 Å². The molecule has 5 nitrogen and oxygen atoms in total. The van der Waals surface area contributed by atoms with Crippen LogP contribution in [0.2, 0.25) is 0 Å². The van der Waals surface area contributed by atoms with Gasteiger partial charge in [0, 0.05) is 30.7 Å². The lowest BCUT2D eigenvalue weighted by molar-refractivity contribution is -0.120. The first-order valence-corrected chi connectivity index (χ1v) is 10.9. The minimum Gasteiger partial charge on any atom is -0.309 e. The average molecular weight is 362 g/mol. The van der Waals surface area contributed by atoms with Crippen LogP contribution in [-0.4, -0.2) is 37.8 Å². The first-order chi connectivity index (χ1) is 12.0. The number of fused-ring (bicyclic) bond motifs is 1. The Morgan fingerprint density at radius 2 is 1.76 bits per heavy atom. The van der Waals surface area contributed by atoms with Crippen LogP contribution in [0.4, 0.5) is 5.69 Å². The van der Waals surface area contributed by atoms with Crippen LogP contribution in [0.3, 0.4) is 0 Å². The second-order valence-corrected chi connectivity index (χ2v) is 9.58. The van der Waals surface area contributed by atoms with Gasteiger partial charge in [0.25, 0.3) is 0 Å². The summed E-state index contributed by atoms with van der Waals surface area (Å²) in [7, 11) is -3.44. The van der Waals surface area contributed by atoms with E-state index in [1.165, 1.54) is 0 Å². The molecule has 0 bridgehead atoms. The van der Waals surface area contributed by atoms with Crippen molar-refractivity contribution in [1.82, 2.24) is 4.31 Å². The number of benzene rings is 1. The lowest BCUT2D eigenvalue weighted by Gasteiger charge is -2.23. The number of nitrogens with zero attached hydrogens (tertiary/aromatic N) is 2. The maximum absolute atomic E-state index is 13.0. The molecule has 1 aromatic rings. The smallest absolute Gasteiger partial charge is 0.243 e. The van der Waals surface area contributed by atoms with Crippen LogP contribution in [-0.2, 0) is 21.2 Å². The molecule has 0 N–H and O–H groups in total. The van der Waals surface area contributed by atoms with E-state index < -0.39 is 10.0 Å². The number of anilines is 1. The molecule has 0 aromatic heterocycles. The Kier molecular flexibility index (Phi) is 4.36. The molecule has 0 radical (unpaired) electrons. The zero-order valence-corrected chi connectivity index (χ0v) is 15.6. The SMILES string of the molecule is CC1Cc2cc(S(=O)(=O)N3CCCCCC3)ccc2N1C(=O)C1CC1. The van der Waals surface area contributed by atoms with Crippen LogP contribution < -0.4 is 4.90 Å². The summed E-state index contributed by atoms with van der Waals surface area (Å²) in [6.45, 7) is 3.27. The molecule has 1 atom stereocenters. The zero-order valence-electron chi connectivity index (χ0n) is 14.8. The van der Waals surface area contributed by atoms with Crippen LogP contribution >= 0.6 is 0 Å². The molecule has 1 aromatic carbocycles. The van der Waals surface area contributed by atoms with Gasteiger partial charge < -0.3 is 4.90 Å². The van der Waals surface area contributed by atoms with Crippen LogP contribution in [0, 0.1) is 5.92 Å². The van der Waals surface area contributed by atoms with Gasteiger partial charge in [0.2, 0.25) is 15.9 Å². The summed E-state index contributed by atoms with van der Waals surface area (Å²) in [6.07, 6.45) is 6.78. The maximum atomic E-state index is 13.0. The van der Waals surface area contributed by atoms with Gasteiger partial charge in [-0.2, -0.15) is 4.31 Å². The van der Waals surface area contributed by atoms with Crippen LogP contribution in [0.15, 0.2) is 23.1 Å². The van der Waals surface area contributed by atoms with Crippen molar-refractivity contribution in [2.24, 2.45) is 5.92 Å². The van der Waals surface area contributed by atoms with E-state index in [1.807, 2.05) is 17.9 Å². The molecule has 4 rings (SSSR count). The van der Waals surface area contributed by atoms with Gasteiger partial charge in [-0.1, -0.05) is 12.8 Å². The van der Waals surface area contributed by atoms with E-state index in [0.717, 1.165) is 56.2 Å². The summed E-state index contributed by atoms with van der Waals surface area (Å²) in [5, 5.41) is 0. The van der Waals surface area contributed by atoms with E-state index in [2.05, 4.69) is 0 Å². The van der Waals surface area contributed by atoms with Crippen molar-refractivity contribution in [3.63, 3.8) is 0 Å². The van der Waals surface area contributed by atoms with E-state index >= 15 is 0 Å². The van der Waals surface area contributed by atoms with Crippen molar-refractivity contribution >= 4 is 21.6 Å². The summed E-state index contributed by atoms with van der Waals surface area (Å²) in [5.74, 6) is 0.378. The van der Waals surface area contributed by atoms with E-state index in [1.54, 1.807) is 16.4 Å². The molecule has 0 spiro atoms. The highest BCUT2D eigenvalue weighted by molar-refractivity contribution is 7.89. The van der Waals surface area contributed by atoms with Gasteiger partial charge in [0.15, 0.2) is 0 Å². The fraction of sp³-hybridized carbons (Fsp3) is 0.632. The Bertz CT molecular complexity index is 778. The molecular weight excluding hydrogens is 336 g/mol. The van der Waals surface area contributed by atoms with Crippen molar-refractivity contribution in [2.75, 3.05) is 18.0 Å². The molecule has 136 valence electrons. The Balaban J connectivity index is 1.63. The van der Waals surface area contributed by atoms with E-state index in [0.29, 0.717) is 18.0 Å². The molecule has 2 heterocycles. The summed E-state index contributed by atoms with van der Waals surface area (Å²) in [6, 6.07) is 5.43. The normalized spacial score (nSPS) is 24.8. The highest BCUT2D eigenvalue weighted by atomic mass is 32.2. The highest BCUT2D eigenvalue weighted by Gasteiger charge is 2.40. The van der Waals surface area contributed by atoms with Crippen molar-refractivity contribution in [1.29, 1.82) is 0 Å². The number of carbonyl (C=O) groups excluding carboxylic acids is 1. The molecule has 1 unspecified atom stereocenters. The van der Waals surface area contributed by atoms with Gasteiger partial charge in [0.05, 0.1) is 4.90 Å². The number of amides is 1. The zero-order chi connectivity index (χ0) is 17.6. The second-order valence-electron chi connectivity index (χ2n) is 7.64. The number of hydrogen-bond donors (Lipinski definition) is 0. The summed E-state index contributed by atoms with van der Waals surface area (Å²) in [4.78, 5) is 14.8. The Labute approximate surface area is 150 Å². The molecular formula is C19H26N2O3S. The Morgan fingerprint density at radius 1 is 1.08 bits per heavy atom. The fourth-order valence-electron chi connectivity index (χ4n) is 4.06. The molecule has 25 heavy (non-hydrogen) atoms. The summed E-state index contributed by atoms with van der Waals surface area (Å²) >= 11 is 0. The summed E-state index contributed by atoms with van der Waals surface area (Å²) in [5.41, 5.74) is 1.89. The quantitative estimate of drug-likeness (QED) is 0.831. The minimum atomic E-state index is -3.44. The second kappa shape index (κ2) is 6.40. The largest absolute Gasteiger partial charge is 0.309 e. The molecule has 3 aliphatic rings. The number of hydrogen-bond acceptors (Lipinski definition) is 3. The fourth-order valence-corrected chi connectivity index (χ4v) is 5.63.